The molecule has 2 heterocycles. The minimum absolute atomic E-state index is 0.138. The van der Waals surface area contributed by atoms with Crippen molar-refractivity contribution in [2.75, 3.05) is 39.4 Å². The molecule has 2 aliphatic rings. The van der Waals surface area contributed by atoms with Crippen LogP contribution in [0.5, 0.6) is 11.5 Å². The second-order valence-corrected chi connectivity index (χ2v) is 7.90. The van der Waals surface area contributed by atoms with Crippen molar-refractivity contribution in [1.29, 1.82) is 0 Å². The molecule has 0 spiro atoms. The van der Waals surface area contributed by atoms with Gasteiger partial charge in [0.05, 0.1) is 11.6 Å². The molecular weight excluding hydrogens is 427 g/mol. The van der Waals surface area contributed by atoms with Crippen LogP contribution in [0, 0.1) is 5.82 Å². The van der Waals surface area contributed by atoms with Gasteiger partial charge in [0.25, 0.3) is 11.7 Å². The summed E-state index contributed by atoms with van der Waals surface area (Å²) in [5.41, 5.74) is 0.319. The quantitative estimate of drug-likeness (QED) is 0.393. The number of rotatable bonds is 7. The predicted octanol–water partition coefficient (Wildman–Crippen LogP) is 3.36. The number of carbonyl (C=O) groups is 2. The van der Waals surface area contributed by atoms with Crippen LogP contribution in [-0.4, -0.2) is 66.0 Å². The Hall–Kier alpha value is -3.39. The smallest absolute Gasteiger partial charge is 0.295 e. The van der Waals surface area contributed by atoms with Crippen LogP contribution in [0.25, 0.3) is 5.76 Å². The van der Waals surface area contributed by atoms with Gasteiger partial charge >= 0.3 is 0 Å². The fourth-order valence-electron chi connectivity index (χ4n) is 4.27. The lowest BCUT2D eigenvalue weighted by atomic mass is 9.94. The highest BCUT2D eigenvalue weighted by molar-refractivity contribution is 6.46. The number of likely N-dealkylation sites (N-methyl/N-ethyl adjacent to an activating group) is 1. The van der Waals surface area contributed by atoms with E-state index in [-0.39, 0.29) is 23.4 Å². The van der Waals surface area contributed by atoms with Gasteiger partial charge in [-0.15, -0.1) is 0 Å². The third-order valence-corrected chi connectivity index (χ3v) is 6.11. The van der Waals surface area contributed by atoms with Crippen molar-refractivity contribution in [3.63, 3.8) is 0 Å². The van der Waals surface area contributed by atoms with Gasteiger partial charge in [0, 0.05) is 24.2 Å². The standard InChI is InChI=1S/C25H27FN2O5/c1-3-27(4-2)11-12-28-22(17-7-5-6-8-18(17)26)21(24(30)25(28)31)23(29)16-9-10-19-20(15-16)33-14-13-32-19/h5-10,15,22,29H,3-4,11-14H2,1-2H3/b23-21-. The molecule has 0 aliphatic carbocycles. The Morgan fingerprint density at radius 1 is 1.09 bits per heavy atom. The number of nitrogens with zero attached hydrogens (tertiary/aromatic N) is 2. The second kappa shape index (κ2) is 9.62. The molecule has 1 saturated heterocycles. The molecule has 33 heavy (non-hydrogen) atoms. The molecule has 1 fully saturated rings. The number of aliphatic hydroxyl groups is 1. The number of ether oxygens (including phenoxy) is 2. The van der Waals surface area contributed by atoms with Gasteiger partial charge in [-0.05, 0) is 37.4 Å². The molecule has 0 aromatic heterocycles. The SMILES string of the molecule is CCN(CC)CCN1C(=O)C(=O)/C(=C(\O)c2ccc3c(c2)OCCO3)C1c1ccccc1F. The summed E-state index contributed by atoms with van der Waals surface area (Å²) in [6, 6.07) is 9.76. The van der Waals surface area contributed by atoms with Gasteiger partial charge in [0.15, 0.2) is 11.5 Å². The Bertz CT molecular complexity index is 1100. The number of hydrogen-bond donors (Lipinski definition) is 1. The van der Waals surface area contributed by atoms with E-state index in [4.69, 9.17) is 9.47 Å². The first-order valence-corrected chi connectivity index (χ1v) is 11.1. The summed E-state index contributed by atoms with van der Waals surface area (Å²) in [7, 11) is 0. The Kier molecular flexibility index (Phi) is 6.65. The van der Waals surface area contributed by atoms with Crippen LogP contribution in [0.2, 0.25) is 0 Å². The summed E-state index contributed by atoms with van der Waals surface area (Å²) < 4.78 is 26.0. The molecule has 1 amide bonds. The average molecular weight is 454 g/mol. The Balaban J connectivity index is 1.80. The average Bonchev–Trinajstić information content (AvgIpc) is 3.09. The minimum atomic E-state index is -1.03. The molecule has 8 heteroatoms. The predicted molar refractivity (Wildman–Crippen MR) is 121 cm³/mol. The number of carbonyl (C=O) groups excluding carboxylic acids is 2. The van der Waals surface area contributed by atoms with E-state index in [1.807, 2.05) is 13.8 Å². The zero-order valence-electron chi connectivity index (χ0n) is 18.7. The van der Waals surface area contributed by atoms with E-state index >= 15 is 0 Å². The van der Waals surface area contributed by atoms with Crippen LogP contribution >= 0.6 is 0 Å². The van der Waals surface area contributed by atoms with Crippen LogP contribution in [0.4, 0.5) is 4.39 Å². The number of amides is 1. The maximum atomic E-state index is 14.9. The maximum absolute atomic E-state index is 14.9. The third kappa shape index (κ3) is 4.30. The number of Topliss-reactive ketones (excluding diaryl/α,β-unsaturated/α-hetero) is 1. The van der Waals surface area contributed by atoms with Gasteiger partial charge in [0.2, 0.25) is 0 Å². The van der Waals surface area contributed by atoms with Gasteiger partial charge in [0.1, 0.15) is 24.8 Å². The zero-order chi connectivity index (χ0) is 23.5. The molecule has 1 N–H and O–H groups in total. The van der Waals surface area contributed by atoms with Crippen molar-refractivity contribution in [2.45, 2.75) is 19.9 Å². The van der Waals surface area contributed by atoms with Crippen molar-refractivity contribution >= 4 is 17.4 Å². The zero-order valence-corrected chi connectivity index (χ0v) is 18.7. The number of aliphatic hydroxyl groups excluding tert-OH is 1. The molecule has 2 aromatic rings. The van der Waals surface area contributed by atoms with E-state index in [0.29, 0.717) is 36.8 Å². The van der Waals surface area contributed by atoms with Crippen molar-refractivity contribution in [3.05, 3.63) is 65.0 Å². The molecule has 1 atom stereocenters. The van der Waals surface area contributed by atoms with Gasteiger partial charge in [-0.2, -0.15) is 0 Å². The van der Waals surface area contributed by atoms with Crippen LogP contribution in [-0.2, 0) is 9.59 Å². The van der Waals surface area contributed by atoms with Crippen molar-refractivity contribution in [1.82, 2.24) is 9.80 Å². The van der Waals surface area contributed by atoms with Crippen molar-refractivity contribution < 1.29 is 28.6 Å². The first-order chi connectivity index (χ1) is 16.0. The lowest BCUT2D eigenvalue weighted by molar-refractivity contribution is -0.140. The normalized spacial score (nSPS) is 19.4. The Morgan fingerprint density at radius 3 is 2.48 bits per heavy atom. The van der Waals surface area contributed by atoms with E-state index in [9.17, 15) is 19.1 Å². The molecule has 174 valence electrons. The van der Waals surface area contributed by atoms with Crippen molar-refractivity contribution in [2.24, 2.45) is 0 Å². The molecule has 0 bridgehead atoms. The monoisotopic (exact) mass is 454 g/mol. The molecular formula is C25H27FN2O5. The summed E-state index contributed by atoms with van der Waals surface area (Å²) in [5, 5.41) is 11.2. The molecule has 7 nitrogen and oxygen atoms in total. The summed E-state index contributed by atoms with van der Waals surface area (Å²) in [4.78, 5) is 29.6. The fraction of sp³-hybridized carbons (Fsp3) is 0.360. The number of likely N-dealkylation sites (tertiary alicyclic amines) is 1. The van der Waals surface area contributed by atoms with Gasteiger partial charge in [-0.1, -0.05) is 32.0 Å². The first-order valence-electron chi connectivity index (χ1n) is 11.1. The molecule has 4 rings (SSSR count). The largest absolute Gasteiger partial charge is 0.507 e. The fourth-order valence-corrected chi connectivity index (χ4v) is 4.27. The summed E-state index contributed by atoms with van der Waals surface area (Å²) >= 11 is 0. The number of ketones is 1. The van der Waals surface area contributed by atoms with E-state index in [1.54, 1.807) is 30.3 Å². The first kappa shape index (κ1) is 22.8. The number of hydrogen-bond acceptors (Lipinski definition) is 6. The summed E-state index contributed by atoms with van der Waals surface area (Å²) in [6.45, 7) is 7.11. The Labute approximate surface area is 192 Å². The maximum Gasteiger partial charge on any atom is 0.295 e. The molecule has 0 saturated carbocycles. The van der Waals surface area contributed by atoms with E-state index in [1.165, 1.54) is 17.0 Å². The lowest BCUT2D eigenvalue weighted by Gasteiger charge is -2.28. The summed E-state index contributed by atoms with van der Waals surface area (Å²) in [5.74, 6) is -1.55. The van der Waals surface area contributed by atoms with Crippen molar-refractivity contribution in [3.8, 4) is 11.5 Å². The van der Waals surface area contributed by atoms with E-state index in [2.05, 4.69) is 4.90 Å². The van der Waals surface area contributed by atoms with Crippen LogP contribution in [0.3, 0.4) is 0 Å². The molecule has 2 aliphatic heterocycles. The molecule has 1 unspecified atom stereocenters. The van der Waals surface area contributed by atoms with E-state index < -0.39 is 23.5 Å². The second-order valence-electron chi connectivity index (χ2n) is 7.90. The number of fused-ring (bicyclic) bond motifs is 1. The van der Waals surface area contributed by atoms with Crippen LogP contribution in [0.15, 0.2) is 48.0 Å². The van der Waals surface area contributed by atoms with E-state index in [0.717, 1.165) is 13.1 Å². The number of halogens is 1. The Morgan fingerprint density at radius 2 is 1.79 bits per heavy atom. The summed E-state index contributed by atoms with van der Waals surface area (Å²) in [6.07, 6.45) is 0. The highest BCUT2D eigenvalue weighted by atomic mass is 19.1. The third-order valence-electron chi connectivity index (χ3n) is 6.11. The highest BCUT2D eigenvalue weighted by Gasteiger charge is 2.46. The number of benzene rings is 2. The highest BCUT2D eigenvalue weighted by Crippen LogP contribution is 2.41. The van der Waals surface area contributed by atoms with Gasteiger partial charge < -0.3 is 24.4 Å². The van der Waals surface area contributed by atoms with Crippen LogP contribution in [0.1, 0.15) is 31.0 Å². The van der Waals surface area contributed by atoms with Gasteiger partial charge in [-0.25, -0.2) is 4.39 Å². The topological polar surface area (TPSA) is 79.3 Å². The molecule has 2 aromatic carbocycles. The van der Waals surface area contributed by atoms with Gasteiger partial charge in [-0.3, -0.25) is 9.59 Å². The molecule has 0 radical (unpaired) electrons. The van der Waals surface area contributed by atoms with Crippen LogP contribution < -0.4 is 9.47 Å². The lowest BCUT2D eigenvalue weighted by Crippen LogP contribution is -2.38. The minimum Gasteiger partial charge on any atom is -0.507 e.